The summed E-state index contributed by atoms with van der Waals surface area (Å²) in [4.78, 5) is 0. The molecule has 0 nitrogen and oxygen atoms in total. The zero-order valence-corrected chi connectivity index (χ0v) is 10.3. The molecule has 0 spiro atoms. The van der Waals surface area contributed by atoms with Crippen LogP contribution in [0.4, 0.5) is 0 Å². The lowest BCUT2D eigenvalue weighted by atomic mass is 9.67. The largest absolute Gasteiger partial charge is 0.110 e. The second kappa shape index (κ2) is 4.07. The van der Waals surface area contributed by atoms with Gasteiger partial charge in [-0.2, -0.15) is 0 Å². The second-order valence-corrected chi connectivity index (χ2v) is 5.41. The predicted octanol–water partition coefficient (Wildman–Crippen LogP) is 3.40. The third kappa shape index (κ3) is 2.02. The molecule has 1 saturated carbocycles. The molecule has 0 aliphatic heterocycles. The molecule has 0 atom stereocenters. The lowest BCUT2D eigenvalue weighted by Gasteiger charge is -2.24. The minimum Gasteiger partial charge on any atom is -0.0622 e. The maximum atomic E-state index is 2.41. The van der Waals surface area contributed by atoms with E-state index in [4.69, 9.17) is 0 Å². The normalized spacial score (nSPS) is 17.0. The molecule has 1 fully saturated rings. The highest BCUT2D eigenvalue weighted by Crippen LogP contribution is 2.62. The quantitative estimate of drug-likeness (QED) is 0.695. The van der Waals surface area contributed by atoms with Gasteiger partial charge in [-0.25, -0.2) is 0 Å². The van der Waals surface area contributed by atoms with E-state index in [9.17, 15) is 0 Å². The van der Waals surface area contributed by atoms with Crippen molar-refractivity contribution < 1.29 is 0 Å². The van der Waals surface area contributed by atoms with Crippen molar-refractivity contribution in [2.24, 2.45) is 0 Å². The van der Waals surface area contributed by atoms with E-state index in [-0.39, 0.29) is 0 Å². The van der Waals surface area contributed by atoms with Crippen molar-refractivity contribution in [1.82, 2.24) is 0 Å². The molecule has 3 rings (SSSR count). The minimum atomic E-state index is 0.475. The Labute approximate surface area is 104 Å². The number of hydrogen-bond donors (Lipinski definition) is 0. The summed E-state index contributed by atoms with van der Waals surface area (Å²) in [5, 5.41) is 0.475. The standard InChI is InChI=1S/C16H17B/c17-16(11-12-16)15(13-7-3-1-4-8-13)14-9-5-2-6-10-14/h1-10,15H,11-12,17H2. The molecule has 0 amide bonds. The van der Waals surface area contributed by atoms with E-state index in [0.717, 1.165) is 0 Å². The van der Waals surface area contributed by atoms with Gasteiger partial charge in [-0.05, 0) is 16.4 Å². The van der Waals surface area contributed by atoms with E-state index in [0.29, 0.717) is 11.2 Å². The Hall–Kier alpha value is -1.50. The monoisotopic (exact) mass is 220 g/mol. The lowest BCUT2D eigenvalue weighted by molar-refractivity contribution is 0.725. The van der Waals surface area contributed by atoms with Gasteiger partial charge in [0.15, 0.2) is 0 Å². The Morgan fingerprint density at radius 1 is 0.765 bits per heavy atom. The Bertz CT molecular complexity index is 446. The highest BCUT2D eigenvalue weighted by atomic mass is 14.4. The lowest BCUT2D eigenvalue weighted by Crippen LogP contribution is -2.10. The zero-order valence-electron chi connectivity index (χ0n) is 10.3. The smallest absolute Gasteiger partial charge is 0.0622 e. The summed E-state index contributed by atoms with van der Waals surface area (Å²) in [6, 6.07) is 21.9. The van der Waals surface area contributed by atoms with Gasteiger partial charge in [0.25, 0.3) is 0 Å². The van der Waals surface area contributed by atoms with Gasteiger partial charge in [-0.3, -0.25) is 0 Å². The predicted molar refractivity (Wildman–Crippen MR) is 75.2 cm³/mol. The highest BCUT2D eigenvalue weighted by Gasteiger charge is 2.45. The van der Waals surface area contributed by atoms with E-state index in [1.807, 2.05) is 0 Å². The molecule has 1 aliphatic carbocycles. The molecular weight excluding hydrogens is 203 g/mol. The zero-order chi connectivity index (χ0) is 11.7. The topological polar surface area (TPSA) is 0 Å². The SMILES string of the molecule is BC1(C(c2ccccc2)c2ccccc2)CC1. The van der Waals surface area contributed by atoms with Crippen LogP contribution in [-0.2, 0) is 0 Å². The molecule has 0 bridgehead atoms. The summed E-state index contributed by atoms with van der Waals surface area (Å²) in [7, 11) is 2.41. The van der Waals surface area contributed by atoms with Gasteiger partial charge in [0, 0.05) is 5.92 Å². The molecule has 17 heavy (non-hydrogen) atoms. The van der Waals surface area contributed by atoms with Crippen LogP contribution in [0.15, 0.2) is 60.7 Å². The van der Waals surface area contributed by atoms with E-state index >= 15 is 0 Å². The molecule has 0 saturated heterocycles. The van der Waals surface area contributed by atoms with Crippen LogP contribution in [-0.4, -0.2) is 7.85 Å². The van der Waals surface area contributed by atoms with Crippen LogP contribution >= 0.6 is 0 Å². The summed E-state index contributed by atoms with van der Waals surface area (Å²) in [6.07, 6.45) is 2.70. The van der Waals surface area contributed by atoms with Crippen molar-refractivity contribution in [3.05, 3.63) is 71.8 Å². The minimum absolute atomic E-state index is 0.475. The Morgan fingerprint density at radius 3 is 1.53 bits per heavy atom. The molecule has 0 N–H and O–H groups in total. The summed E-state index contributed by atoms with van der Waals surface area (Å²) in [5.41, 5.74) is 2.91. The number of hydrogen-bond acceptors (Lipinski definition) is 0. The third-order valence-corrected chi connectivity index (χ3v) is 4.00. The average molecular weight is 220 g/mol. The molecule has 84 valence electrons. The first-order valence-electron chi connectivity index (χ1n) is 6.39. The molecule has 1 aliphatic rings. The second-order valence-electron chi connectivity index (χ2n) is 5.41. The van der Waals surface area contributed by atoms with Crippen molar-refractivity contribution >= 4 is 7.85 Å². The fraction of sp³-hybridized carbons (Fsp3) is 0.250. The molecule has 0 aromatic heterocycles. The van der Waals surface area contributed by atoms with Crippen molar-refractivity contribution in [3.8, 4) is 0 Å². The molecule has 1 heteroatoms. The van der Waals surface area contributed by atoms with Crippen molar-refractivity contribution in [1.29, 1.82) is 0 Å². The van der Waals surface area contributed by atoms with Crippen LogP contribution in [0.1, 0.15) is 29.9 Å². The van der Waals surface area contributed by atoms with E-state index in [2.05, 4.69) is 68.5 Å². The summed E-state index contributed by atoms with van der Waals surface area (Å²) < 4.78 is 0. The first kappa shape index (κ1) is 10.6. The van der Waals surface area contributed by atoms with Gasteiger partial charge in [0.1, 0.15) is 7.85 Å². The Balaban J connectivity index is 2.05. The Kier molecular flexibility index (Phi) is 2.55. The maximum Gasteiger partial charge on any atom is 0.110 e. The maximum absolute atomic E-state index is 2.41. The molecule has 0 unspecified atom stereocenters. The Morgan fingerprint density at radius 2 is 1.18 bits per heavy atom. The van der Waals surface area contributed by atoms with Crippen molar-refractivity contribution in [2.45, 2.75) is 24.1 Å². The fourth-order valence-electron chi connectivity index (χ4n) is 2.77. The summed E-state index contributed by atoms with van der Waals surface area (Å²) >= 11 is 0. The van der Waals surface area contributed by atoms with Crippen LogP contribution in [0.2, 0.25) is 5.31 Å². The van der Waals surface area contributed by atoms with Crippen LogP contribution < -0.4 is 0 Å². The van der Waals surface area contributed by atoms with Gasteiger partial charge in [-0.1, -0.05) is 73.5 Å². The van der Waals surface area contributed by atoms with Gasteiger partial charge >= 0.3 is 0 Å². The van der Waals surface area contributed by atoms with Gasteiger partial charge in [0.05, 0.1) is 0 Å². The fourth-order valence-corrected chi connectivity index (χ4v) is 2.77. The van der Waals surface area contributed by atoms with Crippen LogP contribution in [0.25, 0.3) is 0 Å². The van der Waals surface area contributed by atoms with E-state index in [1.54, 1.807) is 0 Å². The van der Waals surface area contributed by atoms with Crippen LogP contribution in [0.5, 0.6) is 0 Å². The summed E-state index contributed by atoms with van der Waals surface area (Å²) in [5.74, 6) is 0.560. The summed E-state index contributed by atoms with van der Waals surface area (Å²) in [6.45, 7) is 0. The van der Waals surface area contributed by atoms with E-state index in [1.165, 1.54) is 24.0 Å². The molecule has 0 radical (unpaired) electrons. The molecule has 2 aromatic rings. The van der Waals surface area contributed by atoms with Gasteiger partial charge < -0.3 is 0 Å². The number of benzene rings is 2. The van der Waals surface area contributed by atoms with Crippen LogP contribution in [0, 0.1) is 0 Å². The number of rotatable bonds is 3. The van der Waals surface area contributed by atoms with E-state index < -0.39 is 0 Å². The van der Waals surface area contributed by atoms with Gasteiger partial charge in [0.2, 0.25) is 0 Å². The first-order chi connectivity index (χ1) is 8.30. The molecule has 0 heterocycles. The highest BCUT2D eigenvalue weighted by molar-refractivity contribution is 6.18. The average Bonchev–Trinajstić information content (AvgIpc) is 3.11. The third-order valence-electron chi connectivity index (χ3n) is 4.00. The molecular formula is C16H17B. The molecule has 2 aromatic carbocycles. The first-order valence-corrected chi connectivity index (χ1v) is 6.39. The van der Waals surface area contributed by atoms with Gasteiger partial charge in [-0.15, -0.1) is 0 Å². The van der Waals surface area contributed by atoms with Crippen molar-refractivity contribution in [2.75, 3.05) is 0 Å². The van der Waals surface area contributed by atoms with Crippen molar-refractivity contribution in [3.63, 3.8) is 0 Å². The van der Waals surface area contributed by atoms with Crippen LogP contribution in [0.3, 0.4) is 0 Å².